The second kappa shape index (κ2) is 5.03. The van der Waals surface area contributed by atoms with E-state index in [2.05, 4.69) is 5.32 Å². The summed E-state index contributed by atoms with van der Waals surface area (Å²) in [4.78, 5) is 0. The van der Waals surface area contributed by atoms with Crippen molar-refractivity contribution in [3.8, 4) is 11.5 Å². The Morgan fingerprint density at radius 3 is 2.80 bits per heavy atom. The van der Waals surface area contributed by atoms with E-state index in [0.29, 0.717) is 6.04 Å². The fourth-order valence-corrected chi connectivity index (χ4v) is 1.83. The van der Waals surface area contributed by atoms with Crippen molar-refractivity contribution in [3.05, 3.63) is 24.3 Å². The van der Waals surface area contributed by atoms with Gasteiger partial charge in [0.25, 0.3) is 0 Å². The van der Waals surface area contributed by atoms with E-state index in [-0.39, 0.29) is 0 Å². The zero-order valence-corrected chi connectivity index (χ0v) is 9.03. The summed E-state index contributed by atoms with van der Waals surface area (Å²) in [7, 11) is 1.66. The maximum Gasteiger partial charge on any atom is 0.161 e. The number of hydrogen-bond donors (Lipinski definition) is 1. The standard InChI is InChI=1S/C12H17NO2/c1-14-11-6-2-3-7-12(11)15-9-10-5-4-8-13-10/h2-3,6-7,10,13H,4-5,8-9H2,1H3/t10-/m1/s1. The van der Waals surface area contributed by atoms with Crippen LogP contribution in [0.5, 0.6) is 11.5 Å². The highest BCUT2D eigenvalue weighted by molar-refractivity contribution is 5.39. The van der Waals surface area contributed by atoms with E-state index in [4.69, 9.17) is 9.47 Å². The molecule has 15 heavy (non-hydrogen) atoms. The van der Waals surface area contributed by atoms with Gasteiger partial charge in [0.15, 0.2) is 11.5 Å². The van der Waals surface area contributed by atoms with E-state index < -0.39 is 0 Å². The second-order valence-corrected chi connectivity index (χ2v) is 3.76. The van der Waals surface area contributed by atoms with E-state index in [1.165, 1.54) is 12.8 Å². The van der Waals surface area contributed by atoms with Crippen LogP contribution in [0.15, 0.2) is 24.3 Å². The van der Waals surface area contributed by atoms with Crippen LogP contribution in [0.3, 0.4) is 0 Å². The molecule has 1 aromatic rings. The Kier molecular flexibility index (Phi) is 3.45. The lowest BCUT2D eigenvalue weighted by Gasteiger charge is -2.14. The molecule has 1 aliphatic rings. The molecular weight excluding hydrogens is 190 g/mol. The highest BCUT2D eigenvalue weighted by Gasteiger charge is 2.15. The van der Waals surface area contributed by atoms with Crippen molar-refractivity contribution < 1.29 is 9.47 Å². The predicted octanol–water partition coefficient (Wildman–Crippen LogP) is 1.83. The monoisotopic (exact) mass is 207 g/mol. The third-order valence-electron chi connectivity index (χ3n) is 2.67. The maximum atomic E-state index is 5.72. The van der Waals surface area contributed by atoms with Gasteiger partial charge in [-0.2, -0.15) is 0 Å². The van der Waals surface area contributed by atoms with Gasteiger partial charge < -0.3 is 14.8 Å². The number of methoxy groups -OCH3 is 1. The van der Waals surface area contributed by atoms with Gasteiger partial charge in [0.05, 0.1) is 7.11 Å². The minimum atomic E-state index is 0.495. The first-order valence-corrected chi connectivity index (χ1v) is 5.39. The Balaban J connectivity index is 1.91. The minimum Gasteiger partial charge on any atom is -0.493 e. The molecule has 1 aliphatic heterocycles. The second-order valence-electron chi connectivity index (χ2n) is 3.76. The molecule has 0 aliphatic carbocycles. The molecule has 0 unspecified atom stereocenters. The van der Waals surface area contributed by atoms with E-state index in [1.54, 1.807) is 7.11 Å². The molecular formula is C12H17NO2. The molecule has 0 bridgehead atoms. The first-order valence-electron chi connectivity index (χ1n) is 5.39. The number of para-hydroxylation sites is 2. The molecule has 1 N–H and O–H groups in total. The zero-order chi connectivity index (χ0) is 10.5. The Labute approximate surface area is 90.4 Å². The number of nitrogens with one attached hydrogen (secondary N) is 1. The van der Waals surface area contributed by atoms with Gasteiger partial charge in [0, 0.05) is 6.04 Å². The van der Waals surface area contributed by atoms with Crippen molar-refractivity contribution in [3.63, 3.8) is 0 Å². The largest absolute Gasteiger partial charge is 0.493 e. The quantitative estimate of drug-likeness (QED) is 0.817. The van der Waals surface area contributed by atoms with Crippen molar-refractivity contribution in [1.29, 1.82) is 0 Å². The molecule has 0 amide bonds. The van der Waals surface area contributed by atoms with Gasteiger partial charge >= 0.3 is 0 Å². The van der Waals surface area contributed by atoms with Crippen molar-refractivity contribution >= 4 is 0 Å². The van der Waals surface area contributed by atoms with Crippen LogP contribution in [-0.4, -0.2) is 26.3 Å². The maximum absolute atomic E-state index is 5.72. The average Bonchev–Trinajstić information content (AvgIpc) is 2.79. The van der Waals surface area contributed by atoms with Crippen molar-refractivity contribution in [1.82, 2.24) is 5.32 Å². The molecule has 1 aromatic carbocycles. The van der Waals surface area contributed by atoms with Crippen LogP contribution < -0.4 is 14.8 Å². The molecule has 1 heterocycles. The molecule has 0 spiro atoms. The third-order valence-corrected chi connectivity index (χ3v) is 2.67. The SMILES string of the molecule is COc1ccccc1OC[C@H]1CCCN1. The molecule has 82 valence electrons. The molecule has 3 nitrogen and oxygen atoms in total. The van der Waals surface area contributed by atoms with Crippen molar-refractivity contribution in [2.45, 2.75) is 18.9 Å². The first kappa shape index (κ1) is 10.3. The van der Waals surface area contributed by atoms with Crippen molar-refractivity contribution in [2.24, 2.45) is 0 Å². The molecule has 0 saturated carbocycles. The summed E-state index contributed by atoms with van der Waals surface area (Å²) >= 11 is 0. The lowest BCUT2D eigenvalue weighted by atomic mass is 10.2. The van der Waals surface area contributed by atoms with Crippen LogP contribution in [0.1, 0.15) is 12.8 Å². The smallest absolute Gasteiger partial charge is 0.161 e. The number of hydrogen-bond acceptors (Lipinski definition) is 3. The minimum absolute atomic E-state index is 0.495. The van der Waals surface area contributed by atoms with Crippen LogP contribution in [0.2, 0.25) is 0 Å². The Hall–Kier alpha value is -1.22. The average molecular weight is 207 g/mol. The number of benzene rings is 1. The van der Waals surface area contributed by atoms with E-state index in [0.717, 1.165) is 24.7 Å². The Morgan fingerprint density at radius 2 is 2.13 bits per heavy atom. The predicted molar refractivity (Wildman–Crippen MR) is 59.5 cm³/mol. The molecule has 1 saturated heterocycles. The normalized spacial score (nSPS) is 20.2. The van der Waals surface area contributed by atoms with Crippen LogP contribution >= 0.6 is 0 Å². The molecule has 0 radical (unpaired) electrons. The summed E-state index contributed by atoms with van der Waals surface area (Å²) in [6.45, 7) is 1.83. The summed E-state index contributed by atoms with van der Waals surface area (Å²) in [5, 5.41) is 3.40. The van der Waals surface area contributed by atoms with E-state index >= 15 is 0 Å². The highest BCUT2D eigenvalue weighted by atomic mass is 16.5. The third kappa shape index (κ3) is 2.63. The van der Waals surface area contributed by atoms with Gasteiger partial charge in [-0.3, -0.25) is 0 Å². The van der Waals surface area contributed by atoms with Crippen molar-refractivity contribution in [2.75, 3.05) is 20.3 Å². The van der Waals surface area contributed by atoms with Gasteiger partial charge in [-0.25, -0.2) is 0 Å². The van der Waals surface area contributed by atoms with Gasteiger partial charge in [-0.15, -0.1) is 0 Å². The van der Waals surface area contributed by atoms with Gasteiger partial charge in [0.1, 0.15) is 6.61 Å². The van der Waals surface area contributed by atoms with E-state index in [1.807, 2.05) is 24.3 Å². The summed E-state index contributed by atoms with van der Waals surface area (Å²) < 4.78 is 10.9. The summed E-state index contributed by atoms with van der Waals surface area (Å²) in [5.74, 6) is 1.63. The fraction of sp³-hybridized carbons (Fsp3) is 0.500. The van der Waals surface area contributed by atoms with Gasteiger partial charge in [-0.1, -0.05) is 12.1 Å². The number of rotatable bonds is 4. The topological polar surface area (TPSA) is 30.5 Å². The van der Waals surface area contributed by atoms with E-state index in [9.17, 15) is 0 Å². The number of ether oxygens (including phenoxy) is 2. The van der Waals surface area contributed by atoms with Crippen LogP contribution in [0.4, 0.5) is 0 Å². The van der Waals surface area contributed by atoms with Crippen LogP contribution in [0, 0.1) is 0 Å². The summed E-state index contributed by atoms with van der Waals surface area (Å²) in [6, 6.07) is 8.25. The summed E-state index contributed by atoms with van der Waals surface area (Å²) in [5.41, 5.74) is 0. The van der Waals surface area contributed by atoms with Gasteiger partial charge in [-0.05, 0) is 31.5 Å². The lowest BCUT2D eigenvalue weighted by molar-refractivity contribution is 0.262. The zero-order valence-electron chi connectivity index (χ0n) is 9.03. The Bertz CT molecular complexity index is 308. The molecule has 2 rings (SSSR count). The highest BCUT2D eigenvalue weighted by Crippen LogP contribution is 2.26. The van der Waals surface area contributed by atoms with Gasteiger partial charge in [0.2, 0.25) is 0 Å². The molecule has 1 atom stereocenters. The Morgan fingerprint density at radius 1 is 1.33 bits per heavy atom. The fourth-order valence-electron chi connectivity index (χ4n) is 1.83. The molecule has 0 aromatic heterocycles. The first-order chi connectivity index (χ1) is 7.40. The van der Waals surface area contributed by atoms with Crippen LogP contribution in [-0.2, 0) is 0 Å². The molecule has 3 heteroatoms. The van der Waals surface area contributed by atoms with Crippen LogP contribution in [0.25, 0.3) is 0 Å². The summed E-state index contributed by atoms with van der Waals surface area (Å²) in [6.07, 6.45) is 2.45. The molecule has 1 fully saturated rings. The lowest BCUT2D eigenvalue weighted by Crippen LogP contribution is -2.28.